The van der Waals surface area contributed by atoms with Crippen molar-refractivity contribution in [1.82, 2.24) is 0 Å². The third-order valence-corrected chi connectivity index (χ3v) is 2.58. The number of carboxylic acids is 1. The average Bonchev–Trinajstić information content (AvgIpc) is 2.30. The van der Waals surface area contributed by atoms with Crippen LogP contribution in [0, 0.1) is 5.82 Å². The van der Waals surface area contributed by atoms with E-state index in [-0.39, 0.29) is 11.3 Å². The van der Waals surface area contributed by atoms with E-state index in [4.69, 9.17) is 5.11 Å². The molecule has 0 heterocycles. The molecule has 0 atom stereocenters. The topological polar surface area (TPSA) is 49.3 Å². The smallest absolute Gasteiger partial charge is 0.337 e. The fourth-order valence-electron chi connectivity index (χ4n) is 1.65. The third-order valence-electron chi connectivity index (χ3n) is 2.58. The Morgan fingerprint density at radius 3 is 2.76 bits per heavy atom. The number of unbranched alkanes of at least 4 members (excludes halogenated alkanes) is 3. The van der Waals surface area contributed by atoms with E-state index >= 15 is 0 Å². The van der Waals surface area contributed by atoms with Crippen LogP contribution in [0.3, 0.4) is 0 Å². The van der Waals surface area contributed by atoms with Crippen LogP contribution in [0.1, 0.15) is 43.0 Å². The molecule has 1 aromatic carbocycles. The zero-order chi connectivity index (χ0) is 12.7. The number of benzene rings is 1. The van der Waals surface area contributed by atoms with Crippen LogP contribution in [0.15, 0.2) is 18.2 Å². The van der Waals surface area contributed by atoms with Crippen molar-refractivity contribution in [2.75, 3.05) is 11.9 Å². The second-order valence-electron chi connectivity index (χ2n) is 3.95. The molecule has 0 amide bonds. The number of para-hydroxylation sites is 1. The van der Waals surface area contributed by atoms with E-state index in [2.05, 4.69) is 12.2 Å². The highest BCUT2D eigenvalue weighted by Gasteiger charge is 2.13. The highest BCUT2D eigenvalue weighted by Crippen LogP contribution is 2.19. The number of halogens is 1. The molecule has 4 heteroatoms. The van der Waals surface area contributed by atoms with Crippen molar-refractivity contribution in [1.29, 1.82) is 0 Å². The van der Waals surface area contributed by atoms with Gasteiger partial charge in [0, 0.05) is 6.54 Å². The summed E-state index contributed by atoms with van der Waals surface area (Å²) in [5.74, 6) is -1.62. The minimum Gasteiger partial charge on any atom is -0.478 e. The van der Waals surface area contributed by atoms with E-state index in [1.807, 2.05) is 0 Å². The molecule has 0 saturated heterocycles. The van der Waals surface area contributed by atoms with Crippen molar-refractivity contribution in [3.63, 3.8) is 0 Å². The lowest BCUT2D eigenvalue weighted by Gasteiger charge is -2.10. The van der Waals surface area contributed by atoms with Gasteiger partial charge in [-0.3, -0.25) is 0 Å². The van der Waals surface area contributed by atoms with Gasteiger partial charge >= 0.3 is 5.97 Å². The normalized spacial score (nSPS) is 10.2. The summed E-state index contributed by atoms with van der Waals surface area (Å²) in [4.78, 5) is 10.9. The molecule has 94 valence electrons. The van der Waals surface area contributed by atoms with Crippen LogP contribution in [0.2, 0.25) is 0 Å². The molecular weight excluding hydrogens is 221 g/mol. The first kappa shape index (κ1) is 13.5. The SMILES string of the molecule is CCCCCCNc1c(F)cccc1C(=O)O. The van der Waals surface area contributed by atoms with Crippen molar-refractivity contribution in [2.24, 2.45) is 0 Å². The Morgan fingerprint density at radius 2 is 2.12 bits per heavy atom. The summed E-state index contributed by atoms with van der Waals surface area (Å²) in [5.41, 5.74) is 0.0805. The first-order valence-corrected chi connectivity index (χ1v) is 5.92. The predicted molar refractivity (Wildman–Crippen MR) is 66.0 cm³/mol. The van der Waals surface area contributed by atoms with Crippen molar-refractivity contribution in [2.45, 2.75) is 32.6 Å². The third kappa shape index (κ3) is 4.06. The largest absolute Gasteiger partial charge is 0.478 e. The monoisotopic (exact) mass is 239 g/mol. The maximum Gasteiger partial charge on any atom is 0.337 e. The quantitative estimate of drug-likeness (QED) is 0.716. The first-order chi connectivity index (χ1) is 8.16. The Bertz CT molecular complexity index is 380. The number of carboxylic acid groups (broad SMARTS) is 1. The highest BCUT2D eigenvalue weighted by molar-refractivity contribution is 5.94. The van der Waals surface area contributed by atoms with E-state index in [1.165, 1.54) is 18.2 Å². The molecule has 0 fully saturated rings. The minimum absolute atomic E-state index is 0.0134. The van der Waals surface area contributed by atoms with Crippen LogP contribution in [0.25, 0.3) is 0 Å². The van der Waals surface area contributed by atoms with Crippen molar-refractivity contribution < 1.29 is 14.3 Å². The van der Waals surface area contributed by atoms with Gasteiger partial charge in [-0.05, 0) is 18.6 Å². The van der Waals surface area contributed by atoms with Crippen LogP contribution in [0.4, 0.5) is 10.1 Å². The lowest BCUT2D eigenvalue weighted by atomic mass is 10.1. The summed E-state index contributed by atoms with van der Waals surface area (Å²) in [6, 6.07) is 4.07. The fraction of sp³-hybridized carbons (Fsp3) is 0.462. The average molecular weight is 239 g/mol. The maximum absolute atomic E-state index is 13.5. The number of hydrogen-bond donors (Lipinski definition) is 2. The highest BCUT2D eigenvalue weighted by atomic mass is 19.1. The molecule has 0 aromatic heterocycles. The molecule has 0 radical (unpaired) electrons. The standard InChI is InChI=1S/C13H18FNO2/c1-2-3-4-5-9-15-12-10(13(16)17)7-6-8-11(12)14/h6-8,15H,2-5,9H2,1H3,(H,16,17). The lowest BCUT2D eigenvalue weighted by Crippen LogP contribution is -2.09. The van der Waals surface area contributed by atoms with Crippen molar-refractivity contribution in [3.8, 4) is 0 Å². The second kappa shape index (κ2) is 6.89. The van der Waals surface area contributed by atoms with Crippen molar-refractivity contribution >= 4 is 11.7 Å². The molecular formula is C13H18FNO2. The molecule has 0 aliphatic rings. The van der Waals surface area contributed by atoms with Gasteiger partial charge in [-0.25, -0.2) is 9.18 Å². The summed E-state index contributed by atoms with van der Waals surface area (Å²) >= 11 is 0. The number of carbonyl (C=O) groups is 1. The van der Waals surface area contributed by atoms with Gasteiger partial charge in [0.1, 0.15) is 5.82 Å². The van der Waals surface area contributed by atoms with Crippen LogP contribution < -0.4 is 5.32 Å². The van der Waals surface area contributed by atoms with Gasteiger partial charge in [0.25, 0.3) is 0 Å². The molecule has 1 aromatic rings. The van der Waals surface area contributed by atoms with E-state index in [1.54, 1.807) is 0 Å². The lowest BCUT2D eigenvalue weighted by molar-refractivity contribution is 0.0697. The molecule has 0 spiro atoms. The van der Waals surface area contributed by atoms with Crippen LogP contribution >= 0.6 is 0 Å². The molecule has 0 aliphatic carbocycles. The summed E-state index contributed by atoms with van der Waals surface area (Å²) in [7, 11) is 0. The zero-order valence-corrected chi connectivity index (χ0v) is 10.0. The molecule has 0 aliphatic heterocycles. The van der Waals surface area contributed by atoms with Crippen LogP contribution in [-0.4, -0.2) is 17.6 Å². The van der Waals surface area contributed by atoms with Gasteiger partial charge in [-0.2, -0.15) is 0 Å². The molecule has 1 rings (SSSR count). The van der Waals surface area contributed by atoms with Gasteiger partial charge in [0.05, 0.1) is 11.3 Å². The number of nitrogens with one attached hydrogen (secondary N) is 1. The summed E-state index contributed by atoms with van der Waals surface area (Å²) in [5, 5.41) is 11.8. The Labute approximate surface area is 101 Å². The van der Waals surface area contributed by atoms with Crippen LogP contribution in [-0.2, 0) is 0 Å². The molecule has 0 unspecified atom stereocenters. The summed E-state index contributed by atoms with van der Waals surface area (Å²) in [6.45, 7) is 2.72. The van der Waals surface area contributed by atoms with Gasteiger partial charge in [0.2, 0.25) is 0 Å². The Hall–Kier alpha value is -1.58. The number of aromatic carboxylic acids is 1. The number of rotatable bonds is 7. The van der Waals surface area contributed by atoms with Gasteiger partial charge in [0.15, 0.2) is 0 Å². The van der Waals surface area contributed by atoms with E-state index < -0.39 is 11.8 Å². The van der Waals surface area contributed by atoms with Crippen molar-refractivity contribution in [3.05, 3.63) is 29.6 Å². The maximum atomic E-state index is 13.5. The number of hydrogen-bond acceptors (Lipinski definition) is 2. The Kier molecular flexibility index (Phi) is 5.46. The second-order valence-corrected chi connectivity index (χ2v) is 3.95. The van der Waals surface area contributed by atoms with Crippen LogP contribution in [0.5, 0.6) is 0 Å². The van der Waals surface area contributed by atoms with Gasteiger partial charge in [-0.1, -0.05) is 32.3 Å². The molecule has 0 saturated carbocycles. The fourth-order valence-corrected chi connectivity index (χ4v) is 1.65. The Morgan fingerprint density at radius 1 is 1.35 bits per heavy atom. The zero-order valence-electron chi connectivity index (χ0n) is 10.0. The summed E-state index contributed by atoms with van der Waals surface area (Å²) < 4.78 is 13.5. The van der Waals surface area contributed by atoms with Gasteiger partial charge in [-0.15, -0.1) is 0 Å². The van der Waals surface area contributed by atoms with E-state index in [9.17, 15) is 9.18 Å². The Balaban J connectivity index is 2.60. The minimum atomic E-state index is -1.11. The van der Waals surface area contributed by atoms with E-state index in [0.717, 1.165) is 25.7 Å². The first-order valence-electron chi connectivity index (χ1n) is 5.92. The van der Waals surface area contributed by atoms with Gasteiger partial charge < -0.3 is 10.4 Å². The molecule has 17 heavy (non-hydrogen) atoms. The molecule has 2 N–H and O–H groups in total. The molecule has 3 nitrogen and oxygen atoms in total. The molecule has 0 bridgehead atoms. The summed E-state index contributed by atoms with van der Waals surface area (Å²) in [6.07, 6.45) is 4.27. The predicted octanol–water partition coefficient (Wildman–Crippen LogP) is 3.52. The number of anilines is 1. The van der Waals surface area contributed by atoms with E-state index in [0.29, 0.717) is 6.54 Å².